The van der Waals surface area contributed by atoms with E-state index in [1.54, 1.807) is 23.5 Å². The van der Waals surface area contributed by atoms with Gasteiger partial charge in [-0.25, -0.2) is 0 Å². The fourth-order valence-corrected chi connectivity index (χ4v) is 5.16. The van der Waals surface area contributed by atoms with E-state index in [2.05, 4.69) is 43.4 Å². The summed E-state index contributed by atoms with van der Waals surface area (Å²) >= 11 is 3.46. The number of thioether (sulfide) groups is 2. The van der Waals surface area contributed by atoms with E-state index in [1.165, 1.54) is 20.9 Å². The lowest BCUT2D eigenvalue weighted by molar-refractivity contribution is -0.115. The summed E-state index contributed by atoms with van der Waals surface area (Å²) in [5, 5.41) is 3.05. The Kier molecular flexibility index (Phi) is 7.02. The minimum atomic E-state index is 0.0371. The van der Waals surface area contributed by atoms with Crippen LogP contribution < -0.4 is 5.32 Å². The van der Waals surface area contributed by atoms with E-state index < -0.39 is 0 Å². The lowest BCUT2D eigenvalue weighted by Gasteiger charge is -2.16. The van der Waals surface area contributed by atoms with Gasteiger partial charge in [0, 0.05) is 21.9 Å². The lowest BCUT2D eigenvalue weighted by Crippen LogP contribution is -2.16. The maximum atomic E-state index is 12.7. The van der Waals surface area contributed by atoms with Gasteiger partial charge in [0.05, 0.1) is 4.58 Å². The largest absolute Gasteiger partial charge is 0.326 e. The summed E-state index contributed by atoms with van der Waals surface area (Å²) in [7, 11) is 0. The van der Waals surface area contributed by atoms with Crippen molar-refractivity contribution in [3.05, 3.63) is 90.0 Å². The summed E-state index contributed by atoms with van der Waals surface area (Å²) in [6.07, 6.45) is 0.437. The van der Waals surface area contributed by atoms with Gasteiger partial charge in [0.1, 0.15) is 0 Å². The molecule has 0 aliphatic rings. The Morgan fingerprint density at radius 2 is 1.37 bits per heavy atom. The third-order valence-corrected chi connectivity index (χ3v) is 6.69. The van der Waals surface area contributed by atoms with E-state index in [1.807, 2.05) is 54.6 Å². The summed E-state index contributed by atoms with van der Waals surface area (Å²) in [5.41, 5.74) is 3.27. The smallest absolute Gasteiger partial charge is 0.226 e. The number of anilines is 1. The molecule has 27 heavy (non-hydrogen) atoms. The highest BCUT2D eigenvalue weighted by molar-refractivity contribution is 8.17. The summed E-state index contributed by atoms with van der Waals surface area (Å²) in [4.78, 5) is 15.0. The zero-order chi connectivity index (χ0) is 19.1. The SMILES string of the molecule is Cc1ccc(NC(=O)CC(Sc2ccccc2)Sc2ccccc2)cc1C. The molecule has 0 radical (unpaired) electrons. The molecular weight excluding hydrogens is 370 g/mol. The van der Waals surface area contributed by atoms with Crippen LogP contribution in [-0.4, -0.2) is 10.5 Å². The van der Waals surface area contributed by atoms with Crippen LogP contribution in [0.15, 0.2) is 88.7 Å². The highest BCUT2D eigenvalue weighted by Gasteiger charge is 2.17. The Bertz CT molecular complexity index is 840. The molecule has 3 aromatic carbocycles. The van der Waals surface area contributed by atoms with E-state index in [4.69, 9.17) is 0 Å². The molecule has 0 aliphatic heterocycles. The topological polar surface area (TPSA) is 29.1 Å². The van der Waals surface area contributed by atoms with Crippen molar-refractivity contribution in [3.8, 4) is 0 Å². The second-order valence-corrected chi connectivity index (χ2v) is 9.19. The summed E-state index contributed by atoms with van der Waals surface area (Å²) in [6, 6.07) is 26.5. The van der Waals surface area contributed by atoms with Crippen LogP contribution in [0.25, 0.3) is 0 Å². The maximum Gasteiger partial charge on any atom is 0.226 e. The molecule has 2 nitrogen and oxygen atoms in total. The van der Waals surface area contributed by atoms with Crippen molar-refractivity contribution in [2.75, 3.05) is 5.32 Å². The van der Waals surface area contributed by atoms with E-state index in [-0.39, 0.29) is 10.5 Å². The molecule has 0 unspecified atom stereocenters. The number of nitrogens with one attached hydrogen (secondary N) is 1. The van der Waals surface area contributed by atoms with Gasteiger partial charge in [0.2, 0.25) is 5.91 Å². The average molecular weight is 394 g/mol. The Morgan fingerprint density at radius 1 is 0.815 bits per heavy atom. The van der Waals surface area contributed by atoms with Crippen molar-refractivity contribution in [1.82, 2.24) is 0 Å². The van der Waals surface area contributed by atoms with E-state index in [9.17, 15) is 4.79 Å². The molecule has 0 aliphatic carbocycles. The van der Waals surface area contributed by atoms with Crippen LogP contribution >= 0.6 is 23.5 Å². The molecule has 0 bridgehead atoms. The normalized spacial score (nSPS) is 10.8. The molecule has 3 rings (SSSR count). The first-order valence-electron chi connectivity index (χ1n) is 8.90. The molecule has 0 heterocycles. The fraction of sp³-hybridized carbons (Fsp3) is 0.174. The van der Waals surface area contributed by atoms with Crippen LogP contribution in [0.1, 0.15) is 17.5 Å². The third-order valence-electron chi connectivity index (χ3n) is 4.16. The predicted octanol–water partition coefficient (Wildman–Crippen LogP) is 6.54. The first-order valence-corrected chi connectivity index (χ1v) is 10.7. The first kappa shape index (κ1) is 19.6. The molecule has 0 saturated heterocycles. The average Bonchev–Trinajstić information content (AvgIpc) is 2.66. The molecule has 0 fully saturated rings. The van der Waals surface area contributed by atoms with Gasteiger partial charge in [-0.05, 0) is 61.4 Å². The van der Waals surface area contributed by atoms with Gasteiger partial charge in [-0.3, -0.25) is 4.79 Å². The molecule has 0 saturated carbocycles. The van der Waals surface area contributed by atoms with Crippen molar-refractivity contribution in [3.63, 3.8) is 0 Å². The molecule has 4 heteroatoms. The predicted molar refractivity (Wildman–Crippen MR) is 118 cm³/mol. The van der Waals surface area contributed by atoms with Crippen molar-refractivity contribution in [1.29, 1.82) is 0 Å². The molecule has 3 aromatic rings. The number of rotatable bonds is 7. The van der Waals surface area contributed by atoms with E-state index in [0.717, 1.165) is 5.69 Å². The standard InChI is InChI=1S/C23H23NOS2/c1-17-13-14-19(15-18(17)2)24-22(25)16-23(26-20-9-5-3-6-10-20)27-21-11-7-4-8-12-21/h3-15,23H,16H2,1-2H3,(H,24,25). The van der Waals surface area contributed by atoms with Gasteiger partial charge in [0.25, 0.3) is 0 Å². The minimum Gasteiger partial charge on any atom is -0.326 e. The number of hydrogen-bond acceptors (Lipinski definition) is 3. The molecule has 1 N–H and O–H groups in total. The zero-order valence-corrected chi connectivity index (χ0v) is 17.1. The summed E-state index contributed by atoms with van der Waals surface area (Å²) in [6.45, 7) is 4.13. The van der Waals surface area contributed by atoms with E-state index in [0.29, 0.717) is 6.42 Å². The zero-order valence-electron chi connectivity index (χ0n) is 15.5. The second-order valence-electron chi connectivity index (χ2n) is 6.34. The number of carbonyl (C=O) groups is 1. The van der Waals surface area contributed by atoms with Crippen LogP contribution in [-0.2, 0) is 4.79 Å². The molecule has 0 spiro atoms. The number of benzene rings is 3. The van der Waals surface area contributed by atoms with Crippen molar-refractivity contribution in [2.45, 2.75) is 34.6 Å². The number of carbonyl (C=O) groups excluding carboxylic acids is 1. The molecule has 138 valence electrons. The number of hydrogen-bond donors (Lipinski definition) is 1. The van der Waals surface area contributed by atoms with Gasteiger partial charge in [-0.1, -0.05) is 42.5 Å². The highest BCUT2D eigenvalue weighted by Crippen LogP contribution is 2.37. The molecule has 0 atom stereocenters. The summed E-state index contributed by atoms with van der Waals surface area (Å²) in [5.74, 6) is 0.0371. The minimum absolute atomic E-state index is 0.0371. The van der Waals surface area contributed by atoms with Crippen LogP contribution in [0.2, 0.25) is 0 Å². The Morgan fingerprint density at radius 3 is 1.89 bits per heavy atom. The van der Waals surface area contributed by atoms with Crippen molar-refractivity contribution in [2.24, 2.45) is 0 Å². The Balaban J connectivity index is 1.69. The quantitative estimate of drug-likeness (QED) is 0.365. The number of aryl methyl sites for hydroxylation is 2. The van der Waals surface area contributed by atoms with Crippen molar-refractivity contribution < 1.29 is 4.79 Å². The lowest BCUT2D eigenvalue weighted by atomic mass is 10.1. The molecule has 0 aromatic heterocycles. The van der Waals surface area contributed by atoms with Gasteiger partial charge >= 0.3 is 0 Å². The monoisotopic (exact) mass is 393 g/mol. The van der Waals surface area contributed by atoms with Crippen LogP contribution in [0, 0.1) is 13.8 Å². The van der Waals surface area contributed by atoms with Gasteiger partial charge in [0.15, 0.2) is 0 Å². The van der Waals surface area contributed by atoms with Gasteiger partial charge < -0.3 is 5.32 Å². The third kappa shape index (κ3) is 6.19. The second kappa shape index (κ2) is 9.67. The summed E-state index contributed by atoms with van der Waals surface area (Å²) < 4.78 is 0.0985. The van der Waals surface area contributed by atoms with Crippen LogP contribution in [0.5, 0.6) is 0 Å². The van der Waals surface area contributed by atoms with Gasteiger partial charge in [-0.15, -0.1) is 23.5 Å². The Labute approximate surface area is 169 Å². The number of amides is 1. The molecular formula is C23H23NOS2. The Hall–Kier alpha value is -2.17. The molecule has 1 amide bonds. The van der Waals surface area contributed by atoms with Gasteiger partial charge in [-0.2, -0.15) is 0 Å². The van der Waals surface area contributed by atoms with Crippen LogP contribution in [0.3, 0.4) is 0 Å². The van der Waals surface area contributed by atoms with Crippen LogP contribution in [0.4, 0.5) is 5.69 Å². The highest BCUT2D eigenvalue weighted by atomic mass is 32.2. The maximum absolute atomic E-state index is 12.7. The first-order chi connectivity index (χ1) is 13.1. The van der Waals surface area contributed by atoms with Crippen molar-refractivity contribution >= 4 is 35.1 Å². The fourth-order valence-electron chi connectivity index (χ4n) is 2.59. The van der Waals surface area contributed by atoms with E-state index >= 15 is 0 Å².